The lowest BCUT2D eigenvalue weighted by Crippen LogP contribution is -2.48. The monoisotopic (exact) mass is 402 g/mol. The van der Waals surface area contributed by atoms with E-state index in [1.54, 1.807) is 13.0 Å². The summed E-state index contributed by atoms with van der Waals surface area (Å²) in [5.41, 5.74) is 4.75. The number of nitrogens with one attached hydrogen (secondary N) is 1. The number of nitrogens with zero attached hydrogens (tertiary/aromatic N) is 1. The van der Waals surface area contributed by atoms with Gasteiger partial charge in [0.2, 0.25) is 15.9 Å². The zero-order valence-electron chi connectivity index (χ0n) is 17.3. The number of sulfonamides is 1. The van der Waals surface area contributed by atoms with Crippen LogP contribution in [-0.2, 0) is 21.2 Å². The van der Waals surface area contributed by atoms with Crippen LogP contribution in [0.1, 0.15) is 35.6 Å². The Hall–Kier alpha value is -2.34. The molecule has 1 atom stereocenters. The average Bonchev–Trinajstić information content (AvgIpc) is 2.60. The van der Waals surface area contributed by atoms with E-state index in [1.165, 1.54) is 15.4 Å². The van der Waals surface area contributed by atoms with Crippen LogP contribution in [0.4, 0.5) is 5.69 Å². The molecule has 0 fully saturated rings. The lowest BCUT2D eigenvalue weighted by atomic mass is 10.1. The highest BCUT2D eigenvalue weighted by Gasteiger charge is 2.29. The van der Waals surface area contributed by atoms with Crippen molar-refractivity contribution < 1.29 is 13.2 Å². The zero-order valence-corrected chi connectivity index (χ0v) is 18.1. The Balaban J connectivity index is 2.04. The Bertz CT molecular complexity index is 939. The predicted octanol–water partition coefficient (Wildman–Crippen LogP) is 3.52. The van der Waals surface area contributed by atoms with Gasteiger partial charge < -0.3 is 5.32 Å². The van der Waals surface area contributed by atoms with Crippen LogP contribution in [-0.4, -0.2) is 33.2 Å². The first kappa shape index (κ1) is 22.0. The molecule has 1 amide bonds. The van der Waals surface area contributed by atoms with E-state index < -0.39 is 16.1 Å². The van der Waals surface area contributed by atoms with E-state index >= 15 is 0 Å². The number of amides is 1. The van der Waals surface area contributed by atoms with Gasteiger partial charge in [0.25, 0.3) is 0 Å². The second-order valence-corrected chi connectivity index (χ2v) is 9.27. The van der Waals surface area contributed by atoms with Crippen molar-refractivity contribution in [3.8, 4) is 0 Å². The van der Waals surface area contributed by atoms with Gasteiger partial charge >= 0.3 is 0 Å². The Morgan fingerprint density at radius 1 is 1.07 bits per heavy atom. The number of hydrogen-bond donors (Lipinski definition) is 1. The molecule has 2 aromatic rings. The highest BCUT2D eigenvalue weighted by Crippen LogP contribution is 2.26. The fourth-order valence-corrected chi connectivity index (χ4v) is 4.48. The maximum absolute atomic E-state index is 12.6. The van der Waals surface area contributed by atoms with Crippen molar-refractivity contribution in [2.75, 3.05) is 17.1 Å². The van der Waals surface area contributed by atoms with Crippen LogP contribution < -0.4 is 9.62 Å². The SMILES string of the molecule is Cc1cccc(CCCNC(=O)C(C)N(c2cc(C)ccc2C)S(C)(=O)=O)c1. The first-order valence-electron chi connectivity index (χ1n) is 9.49. The van der Waals surface area contributed by atoms with Crippen LogP contribution in [0.25, 0.3) is 0 Å². The second kappa shape index (κ2) is 9.24. The molecule has 152 valence electrons. The van der Waals surface area contributed by atoms with Crippen molar-refractivity contribution >= 4 is 21.6 Å². The van der Waals surface area contributed by atoms with Gasteiger partial charge in [-0.3, -0.25) is 9.10 Å². The fraction of sp³-hybridized carbons (Fsp3) is 0.409. The molecule has 0 aliphatic rings. The minimum atomic E-state index is -3.61. The van der Waals surface area contributed by atoms with Crippen molar-refractivity contribution in [2.24, 2.45) is 0 Å². The molecule has 2 rings (SSSR count). The van der Waals surface area contributed by atoms with Crippen LogP contribution >= 0.6 is 0 Å². The van der Waals surface area contributed by atoms with E-state index in [-0.39, 0.29) is 5.91 Å². The van der Waals surface area contributed by atoms with Crippen molar-refractivity contribution in [3.63, 3.8) is 0 Å². The van der Waals surface area contributed by atoms with Gasteiger partial charge in [0.1, 0.15) is 6.04 Å². The molecular formula is C22H30N2O3S. The van der Waals surface area contributed by atoms with E-state index in [1.807, 2.05) is 32.0 Å². The predicted molar refractivity (Wildman–Crippen MR) is 115 cm³/mol. The summed E-state index contributed by atoms with van der Waals surface area (Å²) in [5, 5.41) is 2.88. The lowest BCUT2D eigenvalue weighted by Gasteiger charge is -2.29. The average molecular weight is 403 g/mol. The minimum Gasteiger partial charge on any atom is -0.354 e. The summed E-state index contributed by atoms with van der Waals surface area (Å²) in [7, 11) is -3.61. The first-order valence-corrected chi connectivity index (χ1v) is 11.3. The van der Waals surface area contributed by atoms with Gasteiger partial charge in [-0.25, -0.2) is 8.42 Å². The molecule has 1 N–H and O–H groups in total. The van der Waals surface area contributed by atoms with Crippen molar-refractivity contribution in [3.05, 3.63) is 64.7 Å². The summed E-state index contributed by atoms with van der Waals surface area (Å²) in [6.45, 7) is 7.93. The molecule has 0 radical (unpaired) electrons. The molecule has 0 saturated carbocycles. The second-order valence-electron chi connectivity index (χ2n) is 7.41. The smallest absolute Gasteiger partial charge is 0.243 e. The number of aryl methyl sites for hydroxylation is 4. The number of carbonyl (C=O) groups excluding carboxylic acids is 1. The molecular weight excluding hydrogens is 372 g/mol. The highest BCUT2D eigenvalue weighted by atomic mass is 32.2. The molecule has 0 bridgehead atoms. The van der Waals surface area contributed by atoms with E-state index in [0.29, 0.717) is 12.2 Å². The number of benzene rings is 2. The van der Waals surface area contributed by atoms with Crippen LogP contribution in [0.5, 0.6) is 0 Å². The van der Waals surface area contributed by atoms with E-state index in [4.69, 9.17) is 0 Å². The quantitative estimate of drug-likeness (QED) is 0.687. The third kappa shape index (κ3) is 5.83. The van der Waals surface area contributed by atoms with E-state index in [9.17, 15) is 13.2 Å². The van der Waals surface area contributed by atoms with Gasteiger partial charge in [0, 0.05) is 6.54 Å². The molecule has 0 aliphatic carbocycles. The summed E-state index contributed by atoms with van der Waals surface area (Å²) in [6.07, 6.45) is 2.80. The van der Waals surface area contributed by atoms with Gasteiger partial charge in [-0.2, -0.15) is 0 Å². The van der Waals surface area contributed by atoms with Gasteiger partial charge in [0.15, 0.2) is 0 Å². The number of anilines is 1. The van der Waals surface area contributed by atoms with Crippen LogP contribution in [0.2, 0.25) is 0 Å². The Kier molecular flexibility index (Phi) is 7.24. The maximum atomic E-state index is 12.6. The molecule has 5 nitrogen and oxygen atoms in total. The third-order valence-corrected chi connectivity index (χ3v) is 5.94. The van der Waals surface area contributed by atoms with Crippen LogP contribution in [0.3, 0.4) is 0 Å². The molecule has 0 saturated heterocycles. The van der Waals surface area contributed by atoms with E-state index in [0.717, 1.165) is 30.2 Å². The highest BCUT2D eigenvalue weighted by molar-refractivity contribution is 7.92. The number of hydrogen-bond acceptors (Lipinski definition) is 3. The summed E-state index contributed by atoms with van der Waals surface area (Å²) in [5.74, 6) is -0.296. The Morgan fingerprint density at radius 3 is 2.39 bits per heavy atom. The minimum absolute atomic E-state index is 0.296. The molecule has 0 spiro atoms. The lowest BCUT2D eigenvalue weighted by molar-refractivity contribution is -0.121. The summed E-state index contributed by atoms with van der Waals surface area (Å²) in [4.78, 5) is 12.6. The molecule has 0 aromatic heterocycles. The van der Waals surface area contributed by atoms with Gasteiger partial charge in [-0.1, -0.05) is 42.0 Å². The summed E-state index contributed by atoms with van der Waals surface area (Å²) in [6, 6.07) is 13.1. The van der Waals surface area contributed by atoms with Gasteiger partial charge in [0.05, 0.1) is 11.9 Å². The van der Waals surface area contributed by atoms with Gasteiger partial charge in [-0.05, 0) is 63.3 Å². The van der Waals surface area contributed by atoms with E-state index in [2.05, 4.69) is 30.4 Å². The Labute approximate surface area is 168 Å². The summed E-state index contributed by atoms with van der Waals surface area (Å²) < 4.78 is 26.1. The largest absolute Gasteiger partial charge is 0.354 e. The van der Waals surface area contributed by atoms with Crippen LogP contribution in [0.15, 0.2) is 42.5 Å². The first-order chi connectivity index (χ1) is 13.1. The zero-order chi connectivity index (χ0) is 20.9. The molecule has 0 heterocycles. The third-order valence-electron chi connectivity index (χ3n) is 4.71. The maximum Gasteiger partial charge on any atom is 0.243 e. The molecule has 28 heavy (non-hydrogen) atoms. The topological polar surface area (TPSA) is 66.5 Å². The molecule has 2 aromatic carbocycles. The normalized spacial score (nSPS) is 12.5. The standard InChI is InChI=1S/C22H30N2O3S/c1-16-8-6-9-20(14-16)10-7-13-23-22(25)19(4)24(28(5,26)27)21-15-17(2)11-12-18(21)3/h6,8-9,11-12,14-15,19H,7,10,13H2,1-5H3,(H,23,25). The van der Waals surface area contributed by atoms with Crippen molar-refractivity contribution in [1.82, 2.24) is 5.32 Å². The van der Waals surface area contributed by atoms with Crippen molar-refractivity contribution in [2.45, 2.75) is 46.6 Å². The number of rotatable bonds is 8. The molecule has 6 heteroatoms. The molecule has 0 aliphatic heterocycles. The van der Waals surface area contributed by atoms with Gasteiger partial charge in [-0.15, -0.1) is 0 Å². The fourth-order valence-electron chi connectivity index (χ4n) is 3.26. The number of carbonyl (C=O) groups is 1. The Morgan fingerprint density at radius 2 is 1.75 bits per heavy atom. The van der Waals surface area contributed by atoms with Crippen LogP contribution in [0, 0.1) is 20.8 Å². The molecule has 1 unspecified atom stereocenters. The summed E-state index contributed by atoms with van der Waals surface area (Å²) >= 11 is 0. The van der Waals surface area contributed by atoms with Crippen molar-refractivity contribution in [1.29, 1.82) is 0 Å².